The summed E-state index contributed by atoms with van der Waals surface area (Å²) in [5.41, 5.74) is 1.40. The third-order valence-electron chi connectivity index (χ3n) is 3.14. The molecule has 0 unspecified atom stereocenters. The summed E-state index contributed by atoms with van der Waals surface area (Å²) in [5, 5.41) is 6.97. The molecule has 1 N–H and O–H groups in total. The van der Waals surface area contributed by atoms with Gasteiger partial charge in [-0.15, -0.1) is 11.3 Å². The van der Waals surface area contributed by atoms with E-state index in [9.17, 15) is 0 Å². The summed E-state index contributed by atoms with van der Waals surface area (Å²) in [7, 11) is 2.20. The molecule has 1 aliphatic rings. The van der Waals surface area contributed by atoms with Crippen LogP contribution in [0.1, 0.15) is 5.56 Å². The van der Waals surface area contributed by atoms with Crippen LogP contribution in [0.4, 0.5) is 5.00 Å². The number of likely N-dealkylation sites (N-methyl/N-ethyl adjacent to an activating group) is 1. The summed E-state index contributed by atoms with van der Waals surface area (Å²) in [6.45, 7) is 9.15. The van der Waals surface area contributed by atoms with E-state index in [2.05, 4.69) is 40.5 Å². The summed E-state index contributed by atoms with van der Waals surface area (Å²) in [6, 6.07) is 2.20. The SMILES string of the molecule is Cc1ccsc1N(C)CCN1CCNCC1. The van der Waals surface area contributed by atoms with Gasteiger partial charge in [0.15, 0.2) is 0 Å². The average molecular weight is 239 g/mol. The highest BCUT2D eigenvalue weighted by molar-refractivity contribution is 7.14. The molecule has 16 heavy (non-hydrogen) atoms. The zero-order valence-corrected chi connectivity index (χ0v) is 11.0. The minimum absolute atomic E-state index is 1.13. The molecule has 0 aliphatic carbocycles. The zero-order chi connectivity index (χ0) is 11.4. The minimum atomic E-state index is 1.13. The first kappa shape index (κ1) is 11.9. The van der Waals surface area contributed by atoms with Crippen LogP contribution in [0.25, 0.3) is 0 Å². The van der Waals surface area contributed by atoms with Crippen molar-refractivity contribution in [3.8, 4) is 0 Å². The van der Waals surface area contributed by atoms with Crippen molar-refractivity contribution in [2.75, 3.05) is 51.2 Å². The van der Waals surface area contributed by atoms with Gasteiger partial charge in [-0.1, -0.05) is 0 Å². The van der Waals surface area contributed by atoms with Gasteiger partial charge in [0.2, 0.25) is 0 Å². The maximum atomic E-state index is 3.39. The number of anilines is 1. The lowest BCUT2D eigenvalue weighted by atomic mass is 10.3. The molecule has 0 spiro atoms. The highest BCUT2D eigenvalue weighted by atomic mass is 32.1. The van der Waals surface area contributed by atoms with Gasteiger partial charge in [0.25, 0.3) is 0 Å². The van der Waals surface area contributed by atoms with Gasteiger partial charge in [-0.3, -0.25) is 4.90 Å². The molecule has 0 aromatic carbocycles. The molecule has 2 heterocycles. The third-order valence-corrected chi connectivity index (χ3v) is 4.27. The quantitative estimate of drug-likeness (QED) is 0.857. The van der Waals surface area contributed by atoms with Gasteiger partial charge in [-0.05, 0) is 23.9 Å². The molecule has 0 radical (unpaired) electrons. The number of aryl methyl sites for hydroxylation is 1. The van der Waals surface area contributed by atoms with Crippen LogP contribution in [-0.2, 0) is 0 Å². The van der Waals surface area contributed by atoms with Gasteiger partial charge in [0, 0.05) is 46.3 Å². The molecule has 0 atom stereocenters. The molecular weight excluding hydrogens is 218 g/mol. The Morgan fingerprint density at radius 2 is 2.19 bits per heavy atom. The Balaban J connectivity index is 1.79. The monoisotopic (exact) mass is 239 g/mol. The summed E-state index contributed by atoms with van der Waals surface area (Å²) in [4.78, 5) is 4.91. The predicted octanol–water partition coefficient (Wildman–Crippen LogP) is 1.40. The normalized spacial score (nSPS) is 17.6. The van der Waals surface area contributed by atoms with E-state index in [1.54, 1.807) is 0 Å². The Kier molecular flexibility index (Phi) is 4.21. The Hall–Kier alpha value is -0.580. The van der Waals surface area contributed by atoms with E-state index >= 15 is 0 Å². The molecule has 3 nitrogen and oxygen atoms in total. The van der Waals surface area contributed by atoms with Crippen LogP contribution in [0, 0.1) is 6.92 Å². The lowest BCUT2D eigenvalue weighted by Crippen LogP contribution is -2.45. The van der Waals surface area contributed by atoms with Gasteiger partial charge >= 0.3 is 0 Å². The van der Waals surface area contributed by atoms with E-state index in [0.717, 1.165) is 19.6 Å². The first-order chi connectivity index (χ1) is 7.77. The van der Waals surface area contributed by atoms with Gasteiger partial charge in [0.05, 0.1) is 5.00 Å². The molecule has 1 aromatic heterocycles. The summed E-state index contributed by atoms with van der Waals surface area (Å²) in [5.74, 6) is 0. The van der Waals surface area contributed by atoms with Gasteiger partial charge < -0.3 is 10.2 Å². The van der Waals surface area contributed by atoms with E-state index in [1.807, 2.05) is 11.3 Å². The first-order valence-corrected chi connectivity index (χ1v) is 6.83. The van der Waals surface area contributed by atoms with Crippen LogP contribution < -0.4 is 10.2 Å². The molecule has 1 fully saturated rings. The Morgan fingerprint density at radius 3 is 2.81 bits per heavy atom. The second-order valence-electron chi connectivity index (χ2n) is 4.42. The molecule has 2 rings (SSSR count). The van der Waals surface area contributed by atoms with Crippen molar-refractivity contribution in [1.82, 2.24) is 10.2 Å². The van der Waals surface area contributed by atoms with E-state index in [1.165, 1.54) is 30.2 Å². The highest BCUT2D eigenvalue weighted by Gasteiger charge is 2.11. The van der Waals surface area contributed by atoms with E-state index in [4.69, 9.17) is 0 Å². The zero-order valence-electron chi connectivity index (χ0n) is 10.2. The maximum Gasteiger partial charge on any atom is 0.0936 e. The van der Waals surface area contributed by atoms with Crippen LogP contribution in [-0.4, -0.2) is 51.2 Å². The molecule has 90 valence electrons. The Bertz CT molecular complexity index is 318. The second kappa shape index (κ2) is 5.66. The third kappa shape index (κ3) is 2.97. The summed E-state index contributed by atoms with van der Waals surface area (Å²) < 4.78 is 0. The van der Waals surface area contributed by atoms with Crippen LogP contribution in [0.3, 0.4) is 0 Å². The number of nitrogens with one attached hydrogen (secondary N) is 1. The lowest BCUT2D eigenvalue weighted by Gasteiger charge is -2.29. The fourth-order valence-electron chi connectivity index (χ4n) is 2.08. The number of piperazine rings is 1. The number of hydrogen-bond donors (Lipinski definition) is 1. The molecule has 0 amide bonds. The molecule has 1 aliphatic heterocycles. The van der Waals surface area contributed by atoms with Gasteiger partial charge in [-0.2, -0.15) is 0 Å². The van der Waals surface area contributed by atoms with Crippen molar-refractivity contribution in [1.29, 1.82) is 0 Å². The summed E-state index contributed by atoms with van der Waals surface area (Å²) >= 11 is 1.84. The maximum absolute atomic E-state index is 3.39. The molecule has 1 aromatic rings. The van der Waals surface area contributed by atoms with Gasteiger partial charge in [0.1, 0.15) is 0 Å². The topological polar surface area (TPSA) is 18.5 Å². The largest absolute Gasteiger partial charge is 0.365 e. The highest BCUT2D eigenvalue weighted by Crippen LogP contribution is 2.25. The summed E-state index contributed by atoms with van der Waals surface area (Å²) in [6.07, 6.45) is 0. The van der Waals surface area contributed by atoms with Crippen LogP contribution in [0.5, 0.6) is 0 Å². The molecule has 1 saturated heterocycles. The van der Waals surface area contributed by atoms with Gasteiger partial charge in [-0.25, -0.2) is 0 Å². The van der Waals surface area contributed by atoms with Crippen LogP contribution in [0.15, 0.2) is 11.4 Å². The van der Waals surface area contributed by atoms with Crippen molar-refractivity contribution in [3.63, 3.8) is 0 Å². The van der Waals surface area contributed by atoms with E-state index < -0.39 is 0 Å². The van der Waals surface area contributed by atoms with Crippen molar-refractivity contribution in [2.24, 2.45) is 0 Å². The van der Waals surface area contributed by atoms with E-state index in [0.29, 0.717) is 0 Å². The Labute approximate surface area is 102 Å². The Morgan fingerprint density at radius 1 is 1.44 bits per heavy atom. The van der Waals surface area contributed by atoms with Crippen molar-refractivity contribution >= 4 is 16.3 Å². The van der Waals surface area contributed by atoms with E-state index in [-0.39, 0.29) is 0 Å². The molecule has 0 bridgehead atoms. The second-order valence-corrected chi connectivity index (χ2v) is 5.32. The fraction of sp³-hybridized carbons (Fsp3) is 0.667. The first-order valence-electron chi connectivity index (χ1n) is 5.95. The van der Waals surface area contributed by atoms with Crippen molar-refractivity contribution in [3.05, 3.63) is 17.0 Å². The number of hydrogen-bond acceptors (Lipinski definition) is 4. The smallest absolute Gasteiger partial charge is 0.0936 e. The lowest BCUT2D eigenvalue weighted by molar-refractivity contribution is 0.246. The predicted molar refractivity (Wildman–Crippen MR) is 71.6 cm³/mol. The average Bonchev–Trinajstić information content (AvgIpc) is 2.74. The number of rotatable bonds is 4. The fourth-order valence-corrected chi connectivity index (χ4v) is 3.01. The van der Waals surface area contributed by atoms with Crippen molar-refractivity contribution in [2.45, 2.75) is 6.92 Å². The van der Waals surface area contributed by atoms with Crippen molar-refractivity contribution < 1.29 is 0 Å². The van der Waals surface area contributed by atoms with Crippen LogP contribution in [0.2, 0.25) is 0 Å². The molecular formula is C12H21N3S. The number of thiophene rings is 1. The molecule has 4 heteroatoms. The minimum Gasteiger partial charge on any atom is -0.365 e. The molecule has 0 saturated carbocycles. The standard InChI is InChI=1S/C12H21N3S/c1-11-3-10-16-12(11)14(2)8-9-15-6-4-13-5-7-15/h3,10,13H,4-9H2,1-2H3. The number of nitrogens with zero attached hydrogens (tertiary/aromatic N) is 2. The van der Waals surface area contributed by atoms with Crippen LogP contribution >= 0.6 is 11.3 Å².